The highest BCUT2D eigenvalue weighted by Crippen LogP contribution is 2.30. The quantitative estimate of drug-likeness (QED) is 0.386. The molecule has 1 aliphatic carbocycles. The number of carbonyl (C=O) groups is 2. The van der Waals surface area contributed by atoms with E-state index >= 15 is 0 Å². The molecular weight excluding hydrogens is 194 g/mol. The van der Waals surface area contributed by atoms with E-state index in [-0.39, 0.29) is 29.6 Å². The fraction of sp³-hybridized carbons (Fsp3) is 0.636. The number of amides is 1. The lowest BCUT2D eigenvalue weighted by Crippen LogP contribution is -2.18. The van der Waals surface area contributed by atoms with Gasteiger partial charge in [-0.3, -0.25) is 9.59 Å². The minimum absolute atomic E-state index is 0.00176. The largest absolute Gasteiger partial charge is 0.511 e. The van der Waals surface area contributed by atoms with E-state index in [1.807, 2.05) is 0 Å². The summed E-state index contributed by atoms with van der Waals surface area (Å²) in [5.74, 6) is -0.651. The van der Waals surface area contributed by atoms with Gasteiger partial charge in [0.1, 0.15) is 11.3 Å². The normalized spacial score (nSPS) is 26.7. The van der Waals surface area contributed by atoms with Crippen molar-refractivity contribution in [1.82, 2.24) is 5.32 Å². The van der Waals surface area contributed by atoms with Gasteiger partial charge >= 0.3 is 0 Å². The monoisotopic (exact) mass is 209 g/mol. The van der Waals surface area contributed by atoms with Gasteiger partial charge in [-0.05, 0) is 12.8 Å². The second-order valence-electron chi connectivity index (χ2n) is 4.20. The van der Waals surface area contributed by atoms with Gasteiger partial charge in [0.05, 0.1) is 6.54 Å². The van der Waals surface area contributed by atoms with Crippen LogP contribution in [0.1, 0.15) is 32.1 Å². The van der Waals surface area contributed by atoms with Gasteiger partial charge < -0.3 is 10.4 Å². The number of aliphatic hydroxyl groups is 1. The molecule has 0 spiro atoms. The summed E-state index contributed by atoms with van der Waals surface area (Å²) in [7, 11) is 0. The Bertz CT molecular complexity index is 309. The van der Waals surface area contributed by atoms with Gasteiger partial charge in [-0.15, -0.1) is 0 Å². The number of hydrogen-bond donors (Lipinski definition) is 2. The van der Waals surface area contributed by atoms with E-state index in [1.165, 1.54) is 6.42 Å². The van der Waals surface area contributed by atoms with E-state index < -0.39 is 5.91 Å². The Morgan fingerprint density at radius 3 is 2.40 bits per heavy atom. The summed E-state index contributed by atoms with van der Waals surface area (Å²) in [6, 6.07) is 0. The first-order valence-electron chi connectivity index (χ1n) is 5.44. The molecule has 4 nitrogen and oxygen atoms in total. The van der Waals surface area contributed by atoms with E-state index in [2.05, 4.69) is 5.32 Å². The molecule has 1 saturated carbocycles. The number of carbonyl (C=O) groups excluding carboxylic acids is 2. The molecule has 1 amide bonds. The zero-order valence-electron chi connectivity index (χ0n) is 8.58. The number of Topliss-reactive ketones (excluding diaryl/α,β-unsaturated/α-hetero) is 1. The molecule has 0 aromatic carbocycles. The number of aliphatic hydroxyl groups excluding tert-OH is 1. The summed E-state index contributed by atoms with van der Waals surface area (Å²) in [6.07, 6.45) is 5.08. The minimum Gasteiger partial charge on any atom is -0.511 e. The van der Waals surface area contributed by atoms with Gasteiger partial charge in [0.2, 0.25) is 0 Å². The van der Waals surface area contributed by atoms with Crippen molar-refractivity contribution in [2.24, 2.45) is 5.92 Å². The maximum absolute atomic E-state index is 11.4. The van der Waals surface area contributed by atoms with Crippen molar-refractivity contribution in [3.05, 3.63) is 11.3 Å². The molecule has 0 aromatic heterocycles. The number of nitrogens with one attached hydrogen (secondary N) is 1. The maximum atomic E-state index is 11.4. The first kappa shape index (κ1) is 10.2. The molecule has 0 atom stereocenters. The van der Waals surface area contributed by atoms with Gasteiger partial charge in [-0.2, -0.15) is 0 Å². The second kappa shape index (κ2) is 4.04. The van der Waals surface area contributed by atoms with Crippen LogP contribution in [0.4, 0.5) is 0 Å². The van der Waals surface area contributed by atoms with Crippen LogP contribution in [0.5, 0.6) is 0 Å². The molecule has 2 rings (SSSR count). The lowest BCUT2D eigenvalue weighted by Gasteiger charge is -2.21. The predicted octanol–water partition coefficient (Wildman–Crippen LogP) is 1.08. The molecule has 1 heterocycles. The average Bonchev–Trinajstić information content (AvgIpc) is 2.59. The van der Waals surface area contributed by atoms with Crippen LogP contribution in [-0.2, 0) is 9.59 Å². The predicted molar refractivity (Wildman–Crippen MR) is 54.2 cm³/mol. The Kier molecular flexibility index (Phi) is 2.75. The summed E-state index contributed by atoms with van der Waals surface area (Å²) >= 11 is 0. The Labute approximate surface area is 88.4 Å². The lowest BCUT2D eigenvalue weighted by atomic mass is 9.86. The zero-order chi connectivity index (χ0) is 10.8. The molecule has 2 aliphatic rings. The molecule has 0 unspecified atom stereocenters. The summed E-state index contributed by atoms with van der Waals surface area (Å²) in [4.78, 5) is 22.7. The molecule has 82 valence electrons. The zero-order valence-corrected chi connectivity index (χ0v) is 8.58. The molecule has 2 fully saturated rings. The fourth-order valence-electron chi connectivity index (χ4n) is 2.30. The van der Waals surface area contributed by atoms with Crippen molar-refractivity contribution in [2.45, 2.75) is 32.1 Å². The average molecular weight is 209 g/mol. The van der Waals surface area contributed by atoms with Crippen LogP contribution in [0.3, 0.4) is 0 Å². The Balaban J connectivity index is 2.22. The maximum Gasteiger partial charge on any atom is 0.258 e. The minimum atomic E-state index is -0.414. The molecule has 0 radical (unpaired) electrons. The van der Waals surface area contributed by atoms with Gasteiger partial charge in [0.25, 0.3) is 5.91 Å². The summed E-state index contributed by atoms with van der Waals surface area (Å²) in [5.41, 5.74) is 0.00176. The van der Waals surface area contributed by atoms with Crippen molar-refractivity contribution in [3.63, 3.8) is 0 Å². The molecule has 0 bridgehead atoms. The first-order valence-corrected chi connectivity index (χ1v) is 5.44. The van der Waals surface area contributed by atoms with Gasteiger partial charge in [-0.25, -0.2) is 0 Å². The van der Waals surface area contributed by atoms with E-state index in [0.717, 1.165) is 25.7 Å². The van der Waals surface area contributed by atoms with Crippen LogP contribution in [0.2, 0.25) is 0 Å². The molecule has 2 N–H and O–H groups in total. The van der Waals surface area contributed by atoms with Crippen molar-refractivity contribution in [2.75, 3.05) is 6.54 Å². The number of hydrogen-bond acceptors (Lipinski definition) is 3. The van der Waals surface area contributed by atoms with Crippen molar-refractivity contribution in [1.29, 1.82) is 0 Å². The van der Waals surface area contributed by atoms with E-state index in [1.54, 1.807) is 0 Å². The highest BCUT2D eigenvalue weighted by atomic mass is 16.3. The van der Waals surface area contributed by atoms with E-state index in [0.29, 0.717) is 0 Å². The Hall–Kier alpha value is -1.32. The van der Waals surface area contributed by atoms with Crippen molar-refractivity contribution < 1.29 is 14.7 Å². The van der Waals surface area contributed by atoms with Crippen LogP contribution in [0.25, 0.3) is 0 Å². The third-order valence-corrected chi connectivity index (χ3v) is 3.16. The fourth-order valence-corrected chi connectivity index (χ4v) is 2.30. The number of ketones is 1. The number of allylic oxidation sites excluding steroid dienone is 1. The van der Waals surface area contributed by atoms with Crippen LogP contribution in [-0.4, -0.2) is 23.3 Å². The van der Waals surface area contributed by atoms with Crippen molar-refractivity contribution in [3.8, 4) is 0 Å². The van der Waals surface area contributed by atoms with E-state index in [9.17, 15) is 14.7 Å². The summed E-state index contributed by atoms with van der Waals surface area (Å²) in [6.45, 7) is 0.0327. The molecule has 0 aromatic rings. The van der Waals surface area contributed by atoms with Crippen LogP contribution in [0.15, 0.2) is 11.3 Å². The van der Waals surface area contributed by atoms with Gasteiger partial charge in [-0.1, -0.05) is 19.3 Å². The number of rotatable bonds is 1. The SMILES string of the molecule is O=C1CNC(=O)/C1=C(\O)C1CCCCC1. The highest BCUT2D eigenvalue weighted by Gasteiger charge is 2.32. The molecule has 1 saturated heterocycles. The summed E-state index contributed by atoms with van der Waals surface area (Å²) in [5, 5.41) is 12.3. The Morgan fingerprint density at radius 1 is 1.20 bits per heavy atom. The van der Waals surface area contributed by atoms with Crippen LogP contribution >= 0.6 is 0 Å². The standard InChI is InChI=1S/C11H15NO3/c13-8-6-12-11(15)9(8)10(14)7-4-2-1-3-5-7/h7,14H,1-6H2,(H,12,15)/b10-9-. The second-order valence-corrected chi connectivity index (χ2v) is 4.20. The molecular formula is C11H15NO3. The van der Waals surface area contributed by atoms with Gasteiger partial charge in [0, 0.05) is 5.92 Å². The first-order chi connectivity index (χ1) is 7.20. The Morgan fingerprint density at radius 2 is 1.87 bits per heavy atom. The highest BCUT2D eigenvalue weighted by molar-refractivity contribution is 6.25. The third kappa shape index (κ3) is 1.89. The molecule has 4 heteroatoms. The van der Waals surface area contributed by atoms with Gasteiger partial charge in [0.15, 0.2) is 5.78 Å². The molecule has 1 aliphatic heterocycles. The van der Waals surface area contributed by atoms with Crippen molar-refractivity contribution >= 4 is 11.7 Å². The smallest absolute Gasteiger partial charge is 0.258 e. The van der Waals surface area contributed by atoms with Crippen LogP contribution in [0, 0.1) is 5.92 Å². The van der Waals surface area contributed by atoms with Crippen LogP contribution < -0.4 is 5.32 Å². The third-order valence-electron chi connectivity index (χ3n) is 3.16. The topological polar surface area (TPSA) is 66.4 Å². The molecule has 15 heavy (non-hydrogen) atoms. The lowest BCUT2D eigenvalue weighted by molar-refractivity contribution is -0.117. The van der Waals surface area contributed by atoms with E-state index in [4.69, 9.17) is 0 Å². The summed E-state index contributed by atoms with van der Waals surface area (Å²) < 4.78 is 0.